The van der Waals surface area contributed by atoms with E-state index in [1.807, 2.05) is 0 Å². The number of carboxylic acid groups (broad SMARTS) is 1. The average Bonchev–Trinajstić information content (AvgIpc) is 3.05. The summed E-state index contributed by atoms with van der Waals surface area (Å²) < 4.78 is 0. The van der Waals surface area contributed by atoms with Gasteiger partial charge in [-0.25, -0.2) is 4.79 Å². The Morgan fingerprint density at radius 2 is 2.00 bits per heavy atom. The van der Waals surface area contributed by atoms with Gasteiger partial charge in [0.05, 0.1) is 12.6 Å². The predicted octanol–water partition coefficient (Wildman–Crippen LogP) is -3.08. The minimum Gasteiger partial charge on any atom is -0.480 e. The second-order valence-corrected chi connectivity index (χ2v) is 5.83. The first-order chi connectivity index (χ1) is 11.8. The number of nitrogens with two attached hydrogens (primary N) is 3. The van der Waals surface area contributed by atoms with Crippen LogP contribution in [0.25, 0.3) is 0 Å². The van der Waals surface area contributed by atoms with Crippen molar-refractivity contribution in [1.82, 2.24) is 10.2 Å². The van der Waals surface area contributed by atoms with Crippen molar-refractivity contribution >= 4 is 23.7 Å². The summed E-state index contributed by atoms with van der Waals surface area (Å²) in [5, 5.41) is 20.9. The molecular formula is C14H26N6O5. The molecule has 3 atom stereocenters. The van der Waals surface area contributed by atoms with Crippen LogP contribution in [0, 0.1) is 0 Å². The molecule has 0 aromatic carbocycles. The van der Waals surface area contributed by atoms with Gasteiger partial charge in [-0.3, -0.25) is 14.6 Å². The average molecular weight is 358 g/mol. The van der Waals surface area contributed by atoms with Crippen LogP contribution in [0.1, 0.15) is 25.7 Å². The summed E-state index contributed by atoms with van der Waals surface area (Å²) in [6.45, 7) is -0.0549. The summed E-state index contributed by atoms with van der Waals surface area (Å²) in [6, 6.07) is -3.06. The second kappa shape index (κ2) is 9.79. The van der Waals surface area contributed by atoms with Gasteiger partial charge >= 0.3 is 5.97 Å². The van der Waals surface area contributed by atoms with Crippen molar-refractivity contribution in [3.05, 3.63) is 0 Å². The third kappa shape index (κ3) is 6.19. The molecule has 1 saturated heterocycles. The van der Waals surface area contributed by atoms with Crippen LogP contribution in [0.15, 0.2) is 4.99 Å². The van der Waals surface area contributed by atoms with E-state index in [0.717, 1.165) is 4.90 Å². The zero-order valence-electron chi connectivity index (χ0n) is 13.9. The molecule has 1 aliphatic rings. The zero-order valence-corrected chi connectivity index (χ0v) is 13.9. The number of nitrogens with one attached hydrogen (secondary N) is 1. The number of aliphatic imine (C=N–C) groups is 1. The molecule has 1 heterocycles. The van der Waals surface area contributed by atoms with E-state index in [4.69, 9.17) is 22.3 Å². The monoisotopic (exact) mass is 358 g/mol. The topological polar surface area (TPSA) is 197 Å². The number of aliphatic carboxylic acids is 1. The summed E-state index contributed by atoms with van der Waals surface area (Å²) in [4.78, 5) is 40.5. The van der Waals surface area contributed by atoms with Crippen molar-refractivity contribution in [2.24, 2.45) is 22.2 Å². The Morgan fingerprint density at radius 3 is 2.56 bits per heavy atom. The van der Waals surface area contributed by atoms with Gasteiger partial charge in [-0.05, 0) is 25.7 Å². The van der Waals surface area contributed by atoms with Crippen LogP contribution in [-0.2, 0) is 14.4 Å². The fourth-order valence-corrected chi connectivity index (χ4v) is 2.60. The molecule has 0 saturated carbocycles. The summed E-state index contributed by atoms with van der Waals surface area (Å²) in [5.74, 6) is -2.40. The van der Waals surface area contributed by atoms with Crippen LogP contribution in [0.4, 0.5) is 0 Å². The summed E-state index contributed by atoms with van der Waals surface area (Å²) in [5.41, 5.74) is 16.1. The normalized spacial score (nSPS) is 19.1. The molecule has 2 amide bonds. The number of carbonyl (C=O) groups is 3. The Labute approximate surface area is 145 Å². The number of amides is 2. The minimum atomic E-state index is -1.23. The fraction of sp³-hybridized carbons (Fsp3) is 0.714. The molecule has 0 bridgehead atoms. The van der Waals surface area contributed by atoms with Crippen LogP contribution in [0.5, 0.6) is 0 Å². The van der Waals surface area contributed by atoms with E-state index in [1.165, 1.54) is 0 Å². The molecule has 0 spiro atoms. The maximum atomic E-state index is 12.4. The highest BCUT2D eigenvalue weighted by Gasteiger charge is 2.37. The zero-order chi connectivity index (χ0) is 19.0. The van der Waals surface area contributed by atoms with E-state index >= 15 is 0 Å². The molecule has 9 N–H and O–H groups in total. The standard InChI is InChI=1S/C14H26N6O5/c15-8(3-1-5-18-14(16)17)11(22)19-9(7-21)12(23)20-6-2-4-10(20)13(24)25/h8-10,21H,1-7,15H2,(H,19,22)(H,24,25)(H4,16,17,18). The van der Waals surface area contributed by atoms with Gasteiger partial charge in [-0.1, -0.05) is 0 Å². The number of nitrogens with zero attached hydrogens (tertiary/aromatic N) is 2. The Morgan fingerprint density at radius 1 is 1.32 bits per heavy atom. The third-order valence-electron chi connectivity index (χ3n) is 3.92. The first-order valence-corrected chi connectivity index (χ1v) is 8.03. The SMILES string of the molecule is NC(N)=NCCCC(N)C(=O)NC(CO)C(=O)N1CCCC1C(=O)O. The van der Waals surface area contributed by atoms with Crippen LogP contribution < -0.4 is 22.5 Å². The van der Waals surface area contributed by atoms with Crippen LogP contribution in [-0.4, -0.2) is 76.7 Å². The molecule has 25 heavy (non-hydrogen) atoms. The smallest absolute Gasteiger partial charge is 0.326 e. The largest absolute Gasteiger partial charge is 0.480 e. The van der Waals surface area contributed by atoms with Gasteiger partial charge in [0, 0.05) is 13.1 Å². The lowest BCUT2D eigenvalue weighted by Crippen LogP contribution is -2.55. The van der Waals surface area contributed by atoms with Gasteiger partial charge in [0.15, 0.2) is 5.96 Å². The van der Waals surface area contributed by atoms with E-state index in [9.17, 15) is 19.5 Å². The summed E-state index contributed by atoms with van der Waals surface area (Å²) in [6.07, 6.45) is 1.66. The van der Waals surface area contributed by atoms with E-state index < -0.39 is 42.5 Å². The molecule has 0 radical (unpaired) electrons. The van der Waals surface area contributed by atoms with Crippen molar-refractivity contribution in [1.29, 1.82) is 0 Å². The lowest BCUT2D eigenvalue weighted by atomic mass is 10.1. The summed E-state index contributed by atoms with van der Waals surface area (Å²) in [7, 11) is 0. The molecule has 1 fully saturated rings. The summed E-state index contributed by atoms with van der Waals surface area (Å²) >= 11 is 0. The van der Waals surface area contributed by atoms with Gasteiger partial charge < -0.3 is 37.6 Å². The van der Waals surface area contributed by atoms with Gasteiger partial charge in [0.25, 0.3) is 0 Å². The third-order valence-corrected chi connectivity index (χ3v) is 3.92. The number of aliphatic hydroxyl groups excluding tert-OH is 1. The Bertz CT molecular complexity index is 522. The quantitative estimate of drug-likeness (QED) is 0.142. The highest BCUT2D eigenvalue weighted by atomic mass is 16.4. The Balaban J connectivity index is 2.56. The predicted molar refractivity (Wildman–Crippen MR) is 89.3 cm³/mol. The molecule has 1 aliphatic heterocycles. The first kappa shape index (κ1) is 20.6. The number of carboxylic acids is 1. The maximum absolute atomic E-state index is 12.4. The highest BCUT2D eigenvalue weighted by molar-refractivity contribution is 5.92. The number of likely N-dealkylation sites (tertiary alicyclic amines) is 1. The van der Waals surface area contributed by atoms with Crippen LogP contribution in [0.3, 0.4) is 0 Å². The van der Waals surface area contributed by atoms with Gasteiger partial charge in [-0.2, -0.15) is 0 Å². The number of guanidine groups is 1. The number of rotatable bonds is 9. The number of hydrogen-bond acceptors (Lipinski definition) is 6. The maximum Gasteiger partial charge on any atom is 0.326 e. The van der Waals surface area contributed by atoms with E-state index in [1.54, 1.807) is 0 Å². The first-order valence-electron chi connectivity index (χ1n) is 8.03. The molecule has 11 heteroatoms. The molecule has 0 aliphatic carbocycles. The van der Waals surface area contributed by atoms with Crippen LogP contribution in [0.2, 0.25) is 0 Å². The number of hydrogen-bond donors (Lipinski definition) is 6. The van der Waals surface area contributed by atoms with E-state index in [0.29, 0.717) is 25.8 Å². The highest BCUT2D eigenvalue weighted by Crippen LogP contribution is 2.18. The van der Waals surface area contributed by atoms with Gasteiger partial charge in [0.1, 0.15) is 12.1 Å². The molecular weight excluding hydrogens is 332 g/mol. The van der Waals surface area contributed by atoms with Gasteiger partial charge in [-0.15, -0.1) is 0 Å². The molecule has 0 aromatic heterocycles. The van der Waals surface area contributed by atoms with Gasteiger partial charge in [0.2, 0.25) is 11.8 Å². The molecule has 3 unspecified atom stereocenters. The number of carbonyl (C=O) groups excluding carboxylic acids is 2. The number of aliphatic hydroxyl groups is 1. The van der Waals surface area contributed by atoms with E-state index in [-0.39, 0.29) is 18.9 Å². The molecule has 11 nitrogen and oxygen atoms in total. The minimum absolute atomic E-state index is 0.0532. The Hall–Kier alpha value is -2.40. The van der Waals surface area contributed by atoms with Crippen molar-refractivity contribution < 1.29 is 24.6 Å². The lowest BCUT2D eigenvalue weighted by molar-refractivity contribution is -0.149. The molecule has 142 valence electrons. The van der Waals surface area contributed by atoms with Crippen molar-refractivity contribution in [2.75, 3.05) is 19.7 Å². The van der Waals surface area contributed by atoms with Crippen molar-refractivity contribution in [3.63, 3.8) is 0 Å². The Kier molecular flexibility index (Phi) is 8.08. The molecule has 1 rings (SSSR count). The lowest BCUT2D eigenvalue weighted by Gasteiger charge is -2.27. The van der Waals surface area contributed by atoms with E-state index in [2.05, 4.69) is 10.3 Å². The fourth-order valence-electron chi connectivity index (χ4n) is 2.60. The molecule has 0 aromatic rings. The van der Waals surface area contributed by atoms with Crippen molar-refractivity contribution in [2.45, 2.75) is 43.8 Å². The second-order valence-electron chi connectivity index (χ2n) is 5.83. The van der Waals surface area contributed by atoms with Crippen LogP contribution >= 0.6 is 0 Å². The van der Waals surface area contributed by atoms with Crippen molar-refractivity contribution in [3.8, 4) is 0 Å².